The highest BCUT2D eigenvalue weighted by Crippen LogP contribution is 2.34. The summed E-state index contributed by atoms with van der Waals surface area (Å²) in [5, 5.41) is 1.95. The molecule has 5 nitrogen and oxygen atoms in total. The van der Waals surface area contributed by atoms with Gasteiger partial charge >= 0.3 is 0 Å². The first-order valence-corrected chi connectivity index (χ1v) is 14.7. The minimum Gasteiger partial charge on any atom is -0.303 e. The summed E-state index contributed by atoms with van der Waals surface area (Å²) in [5.74, 6) is 0.214. The van der Waals surface area contributed by atoms with Crippen molar-refractivity contribution in [1.29, 1.82) is 0 Å². The number of sulfonamides is 1. The van der Waals surface area contributed by atoms with Crippen molar-refractivity contribution in [2.75, 3.05) is 32.7 Å². The summed E-state index contributed by atoms with van der Waals surface area (Å²) in [6.07, 6.45) is 9.58. The molecular weight excluding hydrogens is 444 g/mol. The van der Waals surface area contributed by atoms with E-state index in [1.54, 1.807) is 16.4 Å². The van der Waals surface area contributed by atoms with Gasteiger partial charge in [0.2, 0.25) is 10.0 Å². The molecule has 0 N–H and O–H groups in total. The smallest absolute Gasteiger partial charge is 0.243 e. The van der Waals surface area contributed by atoms with Crippen LogP contribution in [0, 0.1) is 11.8 Å². The average Bonchev–Trinajstić information content (AvgIpc) is 3.29. The molecule has 0 radical (unpaired) electrons. The number of carbonyl (C=O) groups is 1. The lowest BCUT2D eigenvalue weighted by Gasteiger charge is -2.26. The molecule has 0 amide bonds. The van der Waals surface area contributed by atoms with E-state index in [0.717, 1.165) is 49.4 Å². The predicted octanol–water partition coefficient (Wildman–Crippen LogP) is 5.49. The van der Waals surface area contributed by atoms with Gasteiger partial charge in [-0.3, -0.25) is 4.79 Å². The predicted molar refractivity (Wildman–Crippen MR) is 138 cm³/mol. The molecule has 0 spiro atoms. The Morgan fingerprint density at radius 1 is 0.941 bits per heavy atom. The number of rotatable bonds is 11. The fraction of sp³-hybridized carbons (Fsp3) is 0.607. The molecule has 0 aliphatic carbocycles. The molecule has 34 heavy (non-hydrogen) atoms. The lowest BCUT2D eigenvalue weighted by molar-refractivity contribution is -0.123. The quantitative estimate of drug-likeness (QED) is 0.396. The van der Waals surface area contributed by atoms with E-state index in [2.05, 4.69) is 11.8 Å². The molecule has 1 unspecified atom stereocenters. The maximum atomic E-state index is 13.5. The van der Waals surface area contributed by atoms with Crippen molar-refractivity contribution in [3.63, 3.8) is 0 Å². The average molecular weight is 485 g/mol. The van der Waals surface area contributed by atoms with Crippen LogP contribution in [0.4, 0.5) is 0 Å². The Morgan fingerprint density at radius 2 is 1.71 bits per heavy atom. The van der Waals surface area contributed by atoms with E-state index < -0.39 is 10.0 Å². The van der Waals surface area contributed by atoms with E-state index in [1.165, 1.54) is 32.4 Å². The van der Waals surface area contributed by atoms with E-state index in [1.807, 2.05) is 30.3 Å². The van der Waals surface area contributed by atoms with Gasteiger partial charge in [-0.05, 0) is 80.6 Å². The van der Waals surface area contributed by atoms with Crippen LogP contribution >= 0.6 is 0 Å². The number of ketones is 1. The van der Waals surface area contributed by atoms with Crippen LogP contribution < -0.4 is 0 Å². The van der Waals surface area contributed by atoms with Crippen LogP contribution in [-0.4, -0.2) is 56.1 Å². The lowest BCUT2D eigenvalue weighted by Crippen LogP contribution is -2.30. The van der Waals surface area contributed by atoms with Crippen LogP contribution in [0.15, 0.2) is 47.4 Å². The molecule has 0 saturated carbocycles. The number of carbonyl (C=O) groups excluding carboxylic acids is 1. The van der Waals surface area contributed by atoms with Gasteiger partial charge in [0, 0.05) is 25.4 Å². The molecule has 4 rings (SSSR count). The Kier molecular flexibility index (Phi) is 8.78. The van der Waals surface area contributed by atoms with Crippen molar-refractivity contribution >= 4 is 26.6 Å². The Morgan fingerprint density at radius 3 is 2.47 bits per heavy atom. The molecule has 2 saturated heterocycles. The van der Waals surface area contributed by atoms with E-state index in [4.69, 9.17) is 0 Å². The minimum absolute atomic E-state index is 0.126. The largest absolute Gasteiger partial charge is 0.303 e. The van der Waals surface area contributed by atoms with Gasteiger partial charge in [-0.2, -0.15) is 4.31 Å². The van der Waals surface area contributed by atoms with Gasteiger partial charge < -0.3 is 4.90 Å². The van der Waals surface area contributed by atoms with Gasteiger partial charge in [0.25, 0.3) is 0 Å². The third kappa shape index (κ3) is 6.07. The number of hydrogen-bond acceptors (Lipinski definition) is 4. The molecule has 186 valence electrons. The Balaban J connectivity index is 1.34. The molecule has 0 aromatic heterocycles. The lowest BCUT2D eigenvalue weighted by atomic mass is 9.86. The summed E-state index contributed by atoms with van der Waals surface area (Å²) in [4.78, 5) is 16.0. The van der Waals surface area contributed by atoms with E-state index in [-0.39, 0.29) is 17.6 Å². The van der Waals surface area contributed by atoms with Crippen molar-refractivity contribution in [2.24, 2.45) is 11.8 Å². The van der Waals surface area contributed by atoms with Crippen LogP contribution in [-0.2, 0) is 14.8 Å². The van der Waals surface area contributed by atoms with Crippen molar-refractivity contribution in [2.45, 2.75) is 69.6 Å². The molecule has 0 bridgehead atoms. The molecule has 2 aliphatic rings. The highest BCUT2D eigenvalue weighted by atomic mass is 32.2. The van der Waals surface area contributed by atoms with Crippen molar-refractivity contribution in [3.05, 3.63) is 42.5 Å². The number of piperidine rings is 1. The van der Waals surface area contributed by atoms with Gasteiger partial charge in [0.15, 0.2) is 0 Å². The van der Waals surface area contributed by atoms with Crippen LogP contribution in [0.5, 0.6) is 0 Å². The summed E-state index contributed by atoms with van der Waals surface area (Å²) < 4.78 is 28.5. The molecule has 2 aliphatic heterocycles. The number of benzene rings is 2. The topological polar surface area (TPSA) is 57.7 Å². The molecule has 2 aromatic rings. The second kappa shape index (κ2) is 11.8. The highest BCUT2D eigenvalue weighted by molar-refractivity contribution is 7.89. The normalized spacial score (nSPS) is 22.4. The first kappa shape index (κ1) is 25.3. The molecule has 2 atom stereocenters. The number of fused-ring (bicyclic) bond motifs is 1. The number of likely N-dealkylation sites (tertiary alicyclic amines) is 1. The summed E-state index contributed by atoms with van der Waals surface area (Å²) in [5.41, 5.74) is 0. The standard InChI is InChI=1S/C28H40N2O3S/c1-2-11-25-21-30(34(32,33)26-16-15-23-12-6-7-13-24(23)20-26)22-27(25)28(31)14-5-3-8-17-29-18-9-4-10-19-29/h6-7,12-13,15-16,20,25,27H,2-5,8-11,14,17-19,21-22H2,1H3/t25-,27?/m0/s1. The van der Waals surface area contributed by atoms with Gasteiger partial charge in [-0.1, -0.05) is 56.5 Å². The second-order valence-electron chi connectivity index (χ2n) is 10.2. The third-order valence-corrected chi connectivity index (χ3v) is 9.51. The molecule has 2 heterocycles. The maximum Gasteiger partial charge on any atom is 0.243 e. The maximum absolute atomic E-state index is 13.5. The first-order valence-electron chi connectivity index (χ1n) is 13.2. The van der Waals surface area contributed by atoms with Crippen molar-refractivity contribution in [1.82, 2.24) is 9.21 Å². The van der Waals surface area contributed by atoms with E-state index >= 15 is 0 Å². The number of hydrogen-bond donors (Lipinski definition) is 0. The zero-order chi connectivity index (χ0) is 24.0. The molecule has 6 heteroatoms. The zero-order valence-electron chi connectivity index (χ0n) is 20.6. The van der Waals surface area contributed by atoms with E-state index in [9.17, 15) is 13.2 Å². The monoisotopic (exact) mass is 484 g/mol. The van der Waals surface area contributed by atoms with Gasteiger partial charge in [0.1, 0.15) is 5.78 Å². The van der Waals surface area contributed by atoms with Crippen LogP contribution in [0.1, 0.15) is 64.7 Å². The summed E-state index contributed by atoms with van der Waals surface area (Å²) in [7, 11) is -3.61. The molecule has 2 fully saturated rings. The SMILES string of the molecule is CCC[C@H]1CN(S(=O)(=O)c2ccc3ccccc3c2)CC1C(=O)CCCCCN1CCCCC1. The first-order chi connectivity index (χ1) is 16.5. The van der Waals surface area contributed by atoms with Crippen LogP contribution in [0.25, 0.3) is 10.8 Å². The van der Waals surface area contributed by atoms with E-state index in [0.29, 0.717) is 24.4 Å². The minimum atomic E-state index is -3.61. The van der Waals surface area contributed by atoms with Gasteiger partial charge in [0.05, 0.1) is 4.90 Å². The van der Waals surface area contributed by atoms with Crippen LogP contribution in [0.2, 0.25) is 0 Å². The highest BCUT2D eigenvalue weighted by Gasteiger charge is 2.41. The van der Waals surface area contributed by atoms with Gasteiger partial charge in [-0.15, -0.1) is 0 Å². The molecular formula is C28H40N2O3S. The fourth-order valence-corrected chi connectivity index (χ4v) is 7.27. The number of nitrogens with zero attached hydrogens (tertiary/aromatic N) is 2. The van der Waals surface area contributed by atoms with Crippen LogP contribution in [0.3, 0.4) is 0 Å². The van der Waals surface area contributed by atoms with Crippen molar-refractivity contribution < 1.29 is 13.2 Å². The Hall–Kier alpha value is -1.76. The number of Topliss-reactive ketones (excluding diaryl/α,β-unsaturated/α-hetero) is 1. The third-order valence-electron chi connectivity index (χ3n) is 7.69. The second-order valence-corrected chi connectivity index (χ2v) is 12.1. The number of unbranched alkanes of at least 4 members (excludes halogenated alkanes) is 2. The summed E-state index contributed by atoms with van der Waals surface area (Å²) in [6, 6.07) is 13.1. The summed E-state index contributed by atoms with van der Waals surface area (Å²) >= 11 is 0. The fourth-order valence-electron chi connectivity index (χ4n) is 5.71. The Bertz CT molecular complexity index is 1060. The Labute approximate surface area is 205 Å². The van der Waals surface area contributed by atoms with Gasteiger partial charge in [-0.25, -0.2) is 8.42 Å². The summed E-state index contributed by atoms with van der Waals surface area (Å²) in [6.45, 7) is 6.49. The zero-order valence-corrected chi connectivity index (χ0v) is 21.4. The molecule has 2 aromatic carbocycles. The van der Waals surface area contributed by atoms with Crippen molar-refractivity contribution in [3.8, 4) is 0 Å².